The van der Waals surface area contributed by atoms with Crippen molar-refractivity contribution in [3.05, 3.63) is 64.9 Å². The number of sulfonamides is 1. The summed E-state index contributed by atoms with van der Waals surface area (Å²) in [6.45, 7) is 1.06. The van der Waals surface area contributed by atoms with Crippen molar-refractivity contribution in [1.82, 2.24) is 14.6 Å². The van der Waals surface area contributed by atoms with Gasteiger partial charge in [-0.05, 0) is 48.2 Å². The molecule has 0 radical (unpaired) electrons. The molecular formula is C19H22ClN3O3S. The number of carbonyl (C=O) groups is 1. The minimum Gasteiger partial charge on any atom is -0.352 e. The maximum atomic E-state index is 12.8. The van der Waals surface area contributed by atoms with Crippen molar-refractivity contribution >= 4 is 27.5 Å². The fraction of sp³-hybridized carbons (Fsp3) is 0.368. The van der Waals surface area contributed by atoms with Gasteiger partial charge in [-0.25, -0.2) is 12.7 Å². The van der Waals surface area contributed by atoms with E-state index in [2.05, 4.69) is 10.3 Å². The number of nitrogens with zero attached hydrogens (tertiary/aromatic N) is 2. The Morgan fingerprint density at radius 3 is 2.74 bits per heavy atom. The molecule has 1 atom stereocenters. The molecule has 1 aliphatic heterocycles. The Labute approximate surface area is 164 Å². The smallest absolute Gasteiger partial charge is 0.224 e. The van der Waals surface area contributed by atoms with Crippen molar-refractivity contribution in [2.24, 2.45) is 5.92 Å². The summed E-state index contributed by atoms with van der Waals surface area (Å²) < 4.78 is 26.9. The zero-order chi connectivity index (χ0) is 19.3. The Balaban J connectivity index is 1.60. The first-order valence-corrected chi connectivity index (χ1v) is 10.8. The lowest BCUT2D eigenvalue weighted by molar-refractivity contribution is -0.126. The molecule has 1 saturated heterocycles. The van der Waals surface area contributed by atoms with Crippen molar-refractivity contribution in [2.45, 2.75) is 25.1 Å². The largest absolute Gasteiger partial charge is 0.352 e. The standard InChI is InChI=1S/C19H22ClN3O3S/c20-18-5-1-3-16(11-18)14-27(25,26)23-10-2-4-17(13-23)19(24)22-12-15-6-8-21-9-7-15/h1,3,5-9,11,17H,2,4,10,12-14H2,(H,22,24)/t17-/m1/s1. The van der Waals surface area contributed by atoms with Crippen molar-refractivity contribution < 1.29 is 13.2 Å². The Morgan fingerprint density at radius 2 is 2.00 bits per heavy atom. The van der Waals surface area contributed by atoms with Crippen molar-refractivity contribution in [3.8, 4) is 0 Å². The molecular weight excluding hydrogens is 386 g/mol. The summed E-state index contributed by atoms with van der Waals surface area (Å²) in [4.78, 5) is 16.4. The average Bonchev–Trinajstić information content (AvgIpc) is 2.67. The molecule has 144 valence electrons. The molecule has 0 unspecified atom stereocenters. The molecule has 0 aliphatic carbocycles. The maximum absolute atomic E-state index is 12.8. The topological polar surface area (TPSA) is 79.4 Å². The van der Waals surface area contributed by atoms with Gasteiger partial charge in [0.05, 0.1) is 11.7 Å². The molecule has 1 aromatic carbocycles. The third-order valence-corrected chi connectivity index (χ3v) is 6.65. The first-order chi connectivity index (χ1) is 12.9. The number of amides is 1. The zero-order valence-electron chi connectivity index (χ0n) is 14.8. The van der Waals surface area contributed by atoms with Gasteiger partial charge in [-0.15, -0.1) is 0 Å². The van der Waals surface area contributed by atoms with Gasteiger partial charge in [0, 0.05) is 37.1 Å². The van der Waals surface area contributed by atoms with Crippen LogP contribution in [0.2, 0.25) is 5.02 Å². The van der Waals surface area contributed by atoms with Crippen LogP contribution in [0.5, 0.6) is 0 Å². The van der Waals surface area contributed by atoms with Crippen LogP contribution in [0.25, 0.3) is 0 Å². The van der Waals surface area contributed by atoms with E-state index in [0.29, 0.717) is 36.5 Å². The van der Waals surface area contributed by atoms with Crippen molar-refractivity contribution in [1.29, 1.82) is 0 Å². The molecule has 8 heteroatoms. The van der Waals surface area contributed by atoms with Crippen molar-refractivity contribution in [2.75, 3.05) is 13.1 Å². The van der Waals surface area contributed by atoms with Gasteiger partial charge in [-0.1, -0.05) is 23.7 Å². The highest BCUT2D eigenvalue weighted by atomic mass is 35.5. The van der Waals surface area contributed by atoms with E-state index >= 15 is 0 Å². The second kappa shape index (κ2) is 8.82. The summed E-state index contributed by atoms with van der Waals surface area (Å²) in [5.41, 5.74) is 1.60. The van der Waals surface area contributed by atoms with Crippen molar-refractivity contribution in [3.63, 3.8) is 0 Å². The summed E-state index contributed by atoms with van der Waals surface area (Å²) in [5, 5.41) is 3.40. The normalized spacial score (nSPS) is 18.2. The number of hydrogen-bond donors (Lipinski definition) is 1. The highest BCUT2D eigenvalue weighted by molar-refractivity contribution is 7.88. The Kier molecular flexibility index (Phi) is 6.46. The molecule has 1 aliphatic rings. The van der Waals surface area contributed by atoms with Gasteiger partial charge in [-0.3, -0.25) is 9.78 Å². The van der Waals surface area contributed by atoms with Gasteiger partial charge in [0.2, 0.25) is 15.9 Å². The monoisotopic (exact) mass is 407 g/mol. The molecule has 3 rings (SSSR count). The molecule has 2 heterocycles. The average molecular weight is 408 g/mol. The van der Waals surface area contributed by atoms with Crippen LogP contribution in [0, 0.1) is 5.92 Å². The van der Waals surface area contributed by atoms with E-state index in [1.165, 1.54) is 4.31 Å². The first-order valence-electron chi connectivity index (χ1n) is 8.83. The van der Waals surface area contributed by atoms with E-state index in [0.717, 1.165) is 5.56 Å². The molecule has 1 amide bonds. The maximum Gasteiger partial charge on any atom is 0.224 e. The van der Waals surface area contributed by atoms with E-state index in [9.17, 15) is 13.2 Å². The molecule has 0 saturated carbocycles. The summed E-state index contributed by atoms with van der Waals surface area (Å²) in [5.74, 6) is -0.567. The number of rotatable bonds is 6. The van der Waals surface area contributed by atoms with Crippen LogP contribution in [-0.4, -0.2) is 36.7 Å². The lowest BCUT2D eigenvalue weighted by atomic mass is 9.99. The van der Waals surface area contributed by atoms with E-state index < -0.39 is 10.0 Å². The molecule has 1 aromatic heterocycles. The molecule has 1 fully saturated rings. The minimum absolute atomic E-state index is 0.112. The lowest BCUT2D eigenvalue weighted by Gasteiger charge is -2.31. The van der Waals surface area contributed by atoms with Crippen LogP contribution >= 0.6 is 11.6 Å². The van der Waals surface area contributed by atoms with Gasteiger partial charge in [0.25, 0.3) is 0 Å². The number of pyridine rings is 1. The predicted molar refractivity (Wildman–Crippen MR) is 104 cm³/mol. The van der Waals surface area contributed by atoms with Crippen LogP contribution < -0.4 is 5.32 Å². The number of benzene rings is 1. The number of halogens is 1. The lowest BCUT2D eigenvalue weighted by Crippen LogP contribution is -2.45. The molecule has 2 aromatic rings. The molecule has 0 spiro atoms. The van der Waals surface area contributed by atoms with Gasteiger partial charge >= 0.3 is 0 Å². The zero-order valence-corrected chi connectivity index (χ0v) is 16.4. The number of carbonyl (C=O) groups excluding carboxylic acids is 1. The van der Waals surface area contributed by atoms with E-state index in [4.69, 9.17) is 11.6 Å². The number of hydrogen-bond acceptors (Lipinski definition) is 4. The summed E-state index contributed by atoms with van der Waals surface area (Å²) in [6, 6.07) is 10.5. The highest BCUT2D eigenvalue weighted by Crippen LogP contribution is 2.22. The fourth-order valence-corrected chi connectivity index (χ4v) is 4.98. The van der Waals surface area contributed by atoms with Gasteiger partial charge in [0.15, 0.2) is 0 Å². The number of aromatic nitrogens is 1. The third-order valence-electron chi connectivity index (χ3n) is 4.60. The first kappa shape index (κ1) is 19.8. The molecule has 0 bridgehead atoms. The minimum atomic E-state index is -3.50. The van der Waals surface area contributed by atoms with Crippen LogP contribution in [0.3, 0.4) is 0 Å². The van der Waals surface area contributed by atoms with E-state index in [-0.39, 0.29) is 24.1 Å². The Hall–Kier alpha value is -1.96. The summed E-state index contributed by atoms with van der Waals surface area (Å²) >= 11 is 5.94. The number of nitrogens with one attached hydrogen (secondary N) is 1. The summed E-state index contributed by atoms with van der Waals surface area (Å²) in [7, 11) is -3.50. The second-order valence-electron chi connectivity index (χ2n) is 6.66. The fourth-order valence-electron chi connectivity index (χ4n) is 3.17. The third kappa shape index (κ3) is 5.51. The van der Waals surface area contributed by atoms with Crippen LogP contribution in [-0.2, 0) is 27.1 Å². The van der Waals surface area contributed by atoms with Crippen LogP contribution in [0.4, 0.5) is 0 Å². The quantitative estimate of drug-likeness (QED) is 0.798. The van der Waals surface area contributed by atoms with Crippen LogP contribution in [0.15, 0.2) is 48.8 Å². The highest BCUT2D eigenvalue weighted by Gasteiger charge is 2.32. The Bertz CT molecular complexity index is 890. The van der Waals surface area contributed by atoms with Gasteiger partial charge in [0.1, 0.15) is 0 Å². The van der Waals surface area contributed by atoms with Gasteiger partial charge in [-0.2, -0.15) is 0 Å². The molecule has 1 N–H and O–H groups in total. The SMILES string of the molecule is O=C(NCc1ccncc1)[C@@H]1CCCN(S(=O)(=O)Cc2cccc(Cl)c2)C1. The second-order valence-corrected chi connectivity index (χ2v) is 9.06. The molecule has 27 heavy (non-hydrogen) atoms. The number of piperidine rings is 1. The van der Waals surface area contributed by atoms with E-state index in [1.54, 1.807) is 36.7 Å². The van der Waals surface area contributed by atoms with E-state index in [1.807, 2.05) is 12.1 Å². The van der Waals surface area contributed by atoms with Crippen LogP contribution in [0.1, 0.15) is 24.0 Å². The Morgan fingerprint density at radius 1 is 1.22 bits per heavy atom. The summed E-state index contributed by atoms with van der Waals surface area (Å²) in [6.07, 6.45) is 4.70. The molecule has 6 nitrogen and oxygen atoms in total. The predicted octanol–water partition coefficient (Wildman–Crippen LogP) is 2.59. The van der Waals surface area contributed by atoms with Gasteiger partial charge < -0.3 is 5.32 Å².